The molecule has 3 aromatic rings. The number of phenols is 1. The van der Waals surface area contributed by atoms with E-state index in [0.29, 0.717) is 26.3 Å². The standard InChI is InChI=1S/C20H21N3O5S2/c1-9(2)28-19(27)16-11(4)15-17(26)22-20(23-18(15)30-16)29-8-14(25)21-12-7-10(3)5-6-13(12)24/h5-7,9,24H,8H2,1-4H3,(H,21,25)(H,22,23,26). The van der Waals surface area contributed by atoms with Crippen LogP contribution in [-0.4, -0.2) is 38.8 Å². The van der Waals surface area contributed by atoms with Gasteiger partial charge in [0, 0.05) is 0 Å². The number of aromatic hydroxyl groups is 1. The number of nitrogens with one attached hydrogen (secondary N) is 2. The van der Waals surface area contributed by atoms with E-state index in [-0.39, 0.29) is 34.2 Å². The van der Waals surface area contributed by atoms with Crippen LogP contribution in [0.5, 0.6) is 5.75 Å². The van der Waals surface area contributed by atoms with Crippen molar-refractivity contribution in [3.05, 3.63) is 44.6 Å². The number of thioether (sulfide) groups is 1. The highest BCUT2D eigenvalue weighted by Crippen LogP contribution is 2.29. The zero-order chi connectivity index (χ0) is 22.0. The van der Waals surface area contributed by atoms with Crippen molar-refractivity contribution in [2.45, 2.75) is 39.0 Å². The van der Waals surface area contributed by atoms with Gasteiger partial charge in [-0.05, 0) is 51.0 Å². The number of carbonyl (C=O) groups excluding carboxylic acids is 2. The number of H-pyrrole nitrogens is 1. The number of thiophene rings is 1. The maximum Gasteiger partial charge on any atom is 0.348 e. The summed E-state index contributed by atoms with van der Waals surface area (Å²) >= 11 is 2.14. The Labute approximate surface area is 180 Å². The molecule has 0 fully saturated rings. The molecule has 0 radical (unpaired) electrons. The van der Waals surface area contributed by atoms with Gasteiger partial charge in [0.2, 0.25) is 5.91 Å². The maximum absolute atomic E-state index is 12.5. The average Bonchev–Trinajstić information content (AvgIpc) is 2.99. The van der Waals surface area contributed by atoms with Crippen molar-refractivity contribution >= 4 is 50.9 Å². The number of ether oxygens (including phenoxy) is 1. The molecule has 0 aliphatic carbocycles. The SMILES string of the molecule is Cc1ccc(O)c(NC(=O)CSc2nc3sc(C(=O)OC(C)C)c(C)c3c(=O)[nH]2)c1. The number of anilines is 1. The summed E-state index contributed by atoms with van der Waals surface area (Å²) in [6.07, 6.45) is -0.272. The van der Waals surface area contributed by atoms with Crippen molar-refractivity contribution in [3.8, 4) is 5.75 Å². The summed E-state index contributed by atoms with van der Waals surface area (Å²) < 4.78 is 5.22. The fraction of sp³-hybridized carbons (Fsp3) is 0.300. The zero-order valence-electron chi connectivity index (χ0n) is 16.9. The van der Waals surface area contributed by atoms with Crippen LogP contribution in [0.2, 0.25) is 0 Å². The highest BCUT2D eigenvalue weighted by Gasteiger charge is 2.21. The van der Waals surface area contributed by atoms with Gasteiger partial charge in [0.05, 0.1) is 22.9 Å². The predicted molar refractivity (Wildman–Crippen MR) is 118 cm³/mol. The molecule has 0 aliphatic rings. The average molecular weight is 448 g/mol. The van der Waals surface area contributed by atoms with E-state index in [0.717, 1.165) is 28.7 Å². The van der Waals surface area contributed by atoms with E-state index in [4.69, 9.17) is 4.74 Å². The number of benzene rings is 1. The van der Waals surface area contributed by atoms with E-state index in [1.165, 1.54) is 6.07 Å². The van der Waals surface area contributed by atoms with Crippen molar-refractivity contribution < 1.29 is 19.4 Å². The number of phenolic OH excluding ortho intramolecular Hbond substituents is 1. The van der Waals surface area contributed by atoms with Crippen LogP contribution in [0.15, 0.2) is 28.2 Å². The third-order valence-corrected chi connectivity index (χ3v) is 6.11. The van der Waals surface area contributed by atoms with Crippen molar-refractivity contribution in [3.63, 3.8) is 0 Å². The van der Waals surface area contributed by atoms with Crippen molar-refractivity contribution in [2.75, 3.05) is 11.1 Å². The molecule has 30 heavy (non-hydrogen) atoms. The summed E-state index contributed by atoms with van der Waals surface area (Å²) in [6, 6.07) is 4.90. The number of aromatic amines is 1. The number of fused-ring (bicyclic) bond motifs is 1. The molecule has 10 heteroatoms. The molecule has 0 bridgehead atoms. The van der Waals surface area contributed by atoms with Crippen molar-refractivity contribution in [2.24, 2.45) is 0 Å². The highest BCUT2D eigenvalue weighted by atomic mass is 32.2. The molecular weight excluding hydrogens is 426 g/mol. The third kappa shape index (κ3) is 4.82. The van der Waals surface area contributed by atoms with Crippen LogP contribution in [0.4, 0.5) is 5.69 Å². The Morgan fingerprint density at radius 3 is 2.77 bits per heavy atom. The first-order valence-electron chi connectivity index (χ1n) is 9.12. The predicted octanol–water partition coefficient (Wildman–Crippen LogP) is 3.60. The zero-order valence-corrected chi connectivity index (χ0v) is 18.5. The summed E-state index contributed by atoms with van der Waals surface area (Å²) in [5.41, 5.74) is 1.36. The van der Waals surface area contributed by atoms with Gasteiger partial charge in [0.1, 0.15) is 15.5 Å². The first kappa shape index (κ1) is 21.8. The van der Waals surface area contributed by atoms with Gasteiger partial charge in [-0.15, -0.1) is 11.3 Å². The molecule has 2 aromatic heterocycles. The maximum atomic E-state index is 12.5. The Morgan fingerprint density at radius 2 is 2.07 bits per heavy atom. The van der Waals surface area contributed by atoms with Gasteiger partial charge in [-0.2, -0.15) is 0 Å². The van der Waals surface area contributed by atoms with Crippen LogP contribution in [0, 0.1) is 13.8 Å². The van der Waals surface area contributed by atoms with E-state index >= 15 is 0 Å². The number of aromatic nitrogens is 2. The second-order valence-corrected chi connectivity index (χ2v) is 8.88. The van der Waals surface area contributed by atoms with Crippen molar-refractivity contribution in [1.29, 1.82) is 0 Å². The topological polar surface area (TPSA) is 121 Å². The molecule has 158 valence electrons. The molecule has 1 amide bonds. The van der Waals surface area contributed by atoms with Gasteiger partial charge in [-0.25, -0.2) is 9.78 Å². The molecule has 3 N–H and O–H groups in total. The Kier molecular flexibility index (Phi) is 6.47. The lowest BCUT2D eigenvalue weighted by Gasteiger charge is -2.08. The Balaban J connectivity index is 1.77. The second-order valence-electron chi connectivity index (χ2n) is 6.92. The summed E-state index contributed by atoms with van der Waals surface area (Å²) in [4.78, 5) is 44.8. The first-order valence-corrected chi connectivity index (χ1v) is 10.9. The van der Waals surface area contributed by atoms with Gasteiger partial charge >= 0.3 is 5.97 Å². The fourth-order valence-electron chi connectivity index (χ4n) is 2.73. The van der Waals surface area contributed by atoms with Gasteiger partial charge in [-0.3, -0.25) is 9.59 Å². The van der Waals surface area contributed by atoms with E-state index < -0.39 is 5.97 Å². The molecule has 0 spiro atoms. The van der Waals surface area contributed by atoms with E-state index in [1.54, 1.807) is 32.9 Å². The Morgan fingerprint density at radius 1 is 1.33 bits per heavy atom. The molecule has 3 rings (SSSR count). The lowest BCUT2D eigenvalue weighted by atomic mass is 10.2. The number of rotatable bonds is 6. The molecule has 0 saturated heterocycles. The monoisotopic (exact) mass is 447 g/mol. The summed E-state index contributed by atoms with van der Waals surface area (Å²) in [7, 11) is 0. The smallest absolute Gasteiger partial charge is 0.348 e. The number of aryl methyl sites for hydroxylation is 2. The van der Waals surface area contributed by atoms with Crippen LogP contribution in [0.25, 0.3) is 10.2 Å². The summed E-state index contributed by atoms with van der Waals surface area (Å²) in [6.45, 7) is 7.03. The minimum Gasteiger partial charge on any atom is -0.506 e. The van der Waals surface area contributed by atoms with Crippen LogP contribution in [0.3, 0.4) is 0 Å². The second kappa shape index (κ2) is 8.88. The quantitative estimate of drug-likeness (QED) is 0.228. The van der Waals surface area contributed by atoms with Crippen LogP contribution in [-0.2, 0) is 9.53 Å². The number of esters is 1. The number of hydrogen-bond acceptors (Lipinski definition) is 8. The minimum absolute atomic E-state index is 0.0194. The Bertz CT molecular complexity index is 1180. The van der Waals surface area contributed by atoms with Crippen LogP contribution >= 0.6 is 23.1 Å². The van der Waals surface area contributed by atoms with E-state index in [2.05, 4.69) is 15.3 Å². The van der Waals surface area contributed by atoms with Gasteiger partial charge in [0.15, 0.2) is 5.16 Å². The van der Waals surface area contributed by atoms with Gasteiger partial charge in [-0.1, -0.05) is 17.8 Å². The summed E-state index contributed by atoms with van der Waals surface area (Å²) in [5.74, 6) is -0.889. The molecule has 0 aliphatic heterocycles. The number of carbonyl (C=O) groups is 2. The van der Waals surface area contributed by atoms with E-state index in [1.807, 2.05) is 6.92 Å². The van der Waals surface area contributed by atoms with Gasteiger partial charge < -0.3 is 20.1 Å². The molecule has 0 atom stereocenters. The van der Waals surface area contributed by atoms with Crippen molar-refractivity contribution in [1.82, 2.24) is 9.97 Å². The fourth-order valence-corrected chi connectivity index (χ4v) is 4.51. The number of hydrogen-bond donors (Lipinski definition) is 3. The minimum atomic E-state index is -0.489. The lowest BCUT2D eigenvalue weighted by molar-refractivity contribution is -0.113. The first-order chi connectivity index (χ1) is 14.2. The van der Waals surface area contributed by atoms with Gasteiger partial charge in [0.25, 0.3) is 5.56 Å². The highest BCUT2D eigenvalue weighted by molar-refractivity contribution is 7.99. The Hall–Kier alpha value is -2.85. The molecular formula is C20H21N3O5S2. The molecule has 1 aromatic carbocycles. The normalized spacial score (nSPS) is 11.1. The molecule has 0 unspecified atom stereocenters. The number of nitrogens with zero attached hydrogens (tertiary/aromatic N) is 1. The molecule has 8 nitrogen and oxygen atoms in total. The molecule has 2 heterocycles. The van der Waals surface area contributed by atoms with E-state index in [9.17, 15) is 19.5 Å². The third-order valence-electron chi connectivity index (χ3n) is 4.07. The van der Waals surface area contributed by atoms with Crippen LogP contribution in [0.1, 0.15) is 34.6 Å². The van der Waals surface area contributed by atoms with Crippen LogP contribution < -0.4 is 10.9 Å². The number of amides is 1. The lowest BCUT2D eigenvalue weighted by Crippen LogP contribution is -2.15. The largest absolute Gasteiger partial charge is 0.506 e. The summed E-state index contributed by atoms with van der Waals surface area (Å²) in [5, 5.41) is 13.1. The molecule has 0 saturated carbocycles.